The molecular weight excluding hydrogens is 309 g/mol. The maximum atomic E-state index is 13.3. The number of halogens is 3. The SMILES string of the molecule is O=C(c1ccc(OCCO)cc1)C(c1ccccc1)C(F)(F)F. The van der Waals surface area contributed by atoms with Crippen LogP contribution in [0.4, 0.5) is 13.2 Å². The van der Waals surface area contributed by atoms with Crippen molar-refractivity contribution in [2.45, 2.75) is 12.1 Å². The second kappa shape index (κ2) is 7.28. The number of hydrogen-bond acceptors (Lipinski definition) is 3. The highest BCUT2D eigenvalue weighted by Gasteiger charge is 2.45. The molecule has 0 aliphatic carbocycles. The van der Waals surface area contributed by atoms with E-state index in [-0.39, 0.29) is 24.3 Å². The van der Waals surface area contributed by atoms with Gasteiger partial charge in [0.05, 0.1) is 6.61 Å². The Kier molecular flexibility index (Phi) is 5.39. The van der Waals surface area contributed by atoms with Gasteiger partial charge in [0.25, 0.3) is 0 Å². The average molecular weight is 324 g/mol. The highest BCUT2D eigenvalue weighted by Crippen LogP contribution is 2.37. The van der Waals surface area contributed by atoms with Crippen LogP contribution in [0.2, 0.25) is 0 Å². The number of ether oxygens (including phenoxy) is 1. The Balaban J connectivity index is 2.28. The van der Waals surface area contributed by atoms with Crippen molar-refractivity contribution in [3.8, 4) is 5.75 Å². The zero-order valence-corrected chi connectivity index (χ0v) is 12.1. The lowest BCUT2D eigenvalue weighted by molar-refractivity contribution is -0.139. The van der Waals surface area contributed by atoms with Crippen molar-refractivity contribution in [3.63, 3.8) is 0 Å². The molecule has 1 N–H and O–H groups in total. The van der Waals surface area contributed by atoms with Gasteiger partial charge in [0.2, 0.25) is 0 Å². The fourth-order valence-corrected chi connectivity index (χ4v) is 2.18. The molecule has 0 aliphatic heterocycles. The van der Waals surface area contributed by atoms with E-state index in [1.165, 1.54) is 48.5 Å². The van der Waals surface area contributed by atoms with Crippen LogP contribution in [-0.2, 0) is 0 Å². The van der Waals surface area contributed by atoms with E-state index in [2.05, 4.69) is 0 Å². The van der Waals surface area contributed by atoms with Crippen LogP contribution in [-0.4, -0.2) is 30.3 Å². The summed E-state index contributed by atoms with van der Waals surface area (Å²) in [6.07, 6.45) is -4.68. The number of ketones is 1. The van der Waals surface area contributed by atoms with Crippen molar-refractivity contribution < 1.29 is 27.8 Å². The molecule has 1 unspecified atom stereocenters. The lowest BCUT2D eigenvalue weighted by Gasteiger charge is -2.19. The molecule has 0 radical (unpaired) electrons. The predicted octanol–water partition coefficient (Wildman–Crippen LogP) is 3.59. The summed E-state index contributed by atoms with van der Waals surface area (Å²) < 4.78 is 45.1. The third-order valence-electron chi connectivity index (χ3n) is 3.22. The van der Waals surface area contributed by atoms with Crippen LogP contribution in [0, 0.1) is 0 Å². The number of carbonyl (C=O) groups is 1. The van der Waals surface area contributed by atoms with E-state index in [0.29, 0.717) is 5.75 Å². The third kappa shape index (κ3) is 4.32. The molecule has 0 aromatic heterocycles. The van der Waals surface area contributed by atoms with Crippen LogP contribution in [0.15, 0.2) is 54.6 Å². The molecule has 0 amide bonds. The second-order valence-electron chi connectivity index (χ2n) is 4.85. The largest absolute Gasteiger partial charge is 0.491 e. The Morgan fingerprint density at radius 1 is 1.04 bits per heavy atom. The van der Waals surface area contributed by atoms with Crippen molar-refractivity contribution in [2.24, 2.45) is 0 Å². The minimum absolute atomic E-state index is 0.0486. The Labute approximate surface area is 131 Å². The Morgan fingerprint density at radius 2 is 1.65 bits per heavy atom. The topological polar surface area (TPSA) is 46.5 Å². The van der Waals surface area contributed by atoms with Crippen LogP contribution in [0.3, 0.4) is 0 Å². The zero-order chi connectivity index (χ0) is 16.9. The van der Waals surface area contributed by atoms with Gasteiger partial charge in [0, 0.05) is 5.56 Å². The second-order valence-corrected chi connectivity index (χ2v) is 4.85. The van der Waals surface area contributed by atoms with Crippen molar-refractivity contribution >= 4 is 5.78 Å². The maximum absolute atomic E-state index is 13.3. The molecule has 0 saturated heterocycles. The Hall–Kier alpha value is -2.34. The molecule has 0 bridgehead atoms. The molecule has 2 rings (SSSR count). The Bertz CT molecular complexity index is 636. The molecule has 0 heterocycles. The number of hydrogen-bond donors (Lipinski definition) is 1. The summed E-state index contributed by atoms with van der Waals surface area (Å²) in [4.78, 5) is 12.3. The van der Waals surface area contributed by atoms with Crippen molar-refractivity contribution in [1.82, 2.24) is 0 Å². The van der Waals surface area contributed by atoms with E-state index < -0.39 is 17.9 Å². The number of carbonyl (C=O) groups excluding carboxylic acids is 1. The third-order valence-corrected chi connectivity index (χ3v) is 3.22. The Morgan fingerprint density at radius 3 is 2.17 bits per heavy atom. The van der Waals surface area contributed by atoms with Crippen LogP contribution in [0.5, 0.6) is 5.75 Å². The summed E-state index contributed by atoms with van der Waals surface area (Å²) in [6.45, 7) is -0.104. The first-order chi connectivity index (χ1) is 10.9. The smallest absolute Gasteiger partial charge is 0.402 e. The van der Waals surface area contributed by atoms with Gasteiger partial charge < -0.3 is 9.84 Å². The standard InChI is InChI=1S/C17H15F3O3/c18-17(19,20)15(12-4-2-1-3-5-12)16(22)13-6-8-14(9-7-13)23-11-10-21/h1-9,15,21H,10-11H2. The summed E-state index contributed by atoms with van der Waals surface area (Å²) >= 11 is 0. The van der Waals surface area contributed by atoms with Gasteiger partial charge >= 0.3 is 6.18 Å². The molecule has 2 aromatic rings. The lowest BCUT2D eigenvalue weighted by Crippen LogP contribution is -2.28. The summed E-state index contributed by atoms with van der Waals surface area (Å²) in [7, 11) is 0. The lowest BCUT2D eigenvalue weighted by atomic mass is 9.90. The van der Waals surface area contributed by atoms with Gasteiger partial charge in [0.1, 0.15) is 18.3 Å². The van der Waals surface area contributed by atoms with E-state index in [1.54, 1.807) is 6.07 Å². The van der Waals surface area contributed by atoms with Gasteiger partial charge in [-0.2, -0.15) is 13.2 Å². The number of alkyl halides is 3. The molecule has 1 atom stereocenters. The molecule has 0 saturated carbocycles. The normalized spacial score (nSPS) is 12.7. The van der Waals surface area contributed by atoms with E-state index in [1.807, 2.05) is 0 Å². The van der Waals surface area contributed by atoms with Crippen molar-refractivity contribution in [1.29, 1.82) is 0 Å². The number of Topliss-reactive ketones (excluding diaryl/α,β-unsaturated/α-hetero) is 1. The summed E-state index contributed by atoms with van der Waals surface area (Å²) in [5.74, 6) is -2.84. The minimum atomic E-state index is -4.68. The summed E-state index contributed by atoms with van der Waals surface area (Å²) in [5.41, 5.74) is -0.141. The van der Waals surface area contributed by atoms with E-state index in [0.717, 1.165) is 0 Å². The van der Waals surface area contributed by atoms with Crippen LogP contribution in [0.25, 0.3) is 0 Å². The maximum Gasteiger partial charge on any atom is 0.402 e. The van der Waals surface area contributed by atoms with Crippen molar-refractivity contribution in [3.05, 3.63) is 65.7 Å². The average Bonchev–Trinajstić information content (AvgIpc) is 2.53. The molecule has 2 aromatic carbocycles. The molecule has 122 valence electrons. The summed E-state index contributed by atoms with van der Waals surface area (Å²) in [6, 6.07) is 12.5. The number of rotatable bonds is 6. The predicted molar refractivity (Wildman–Crippen MR) is 78.6 cm³/mol. The highest BCUT2D eigenvalue weighted by molar-refractivity contribution is 6.01. The molecule has 0 aliphatic rings. The molecular formula is C17H15F3O3. The minimum Gasteiger partial charge on any atom is -0.491 e. The van der Waals surface area contributed by atoms with E-state index >= 15 is 0 Å². The summed E-state index contributed by atoms with van der Waals surface area (Å²) in [5, 5.41) is 8.65. The monoisotopic (exact) mass is 324 g/mol. The highest BCUT2D eigenvalue weighted by atomic mass is 19.4. The van der Waals surface area contributed by atoms with Gasteiger partial charge in [-0.1, -0.05) is 30.3 Å². The van der Waals surface area contributed by atoms with Gasteiger partial charge in [-0.05, 0) is 29.8 Å². The fraction of sp³-hybridized carbons (Fsp3) is 0.235. The van der Waals surface area contributed by atoms with Gasteiger partial charge in [-0.3, -0.25) is 4.79 Å². The van der Waals surface area contributed by atoms with Crippen LogP contribution in [0.1, 0.15) is 21.8 Å². The quantitative estimate of drug-likeness (QED) is 0.826. The first-order valence-electron chi connectivity index (χ1n) is 6.93. The van der Waals surface area contributed by atoms with Crippen LogP contribution < -0.4 is 4.74 Å². The molecule has 0 fully saturated rings. The van der Waals surface area contributed by atoms with E-state index in [9.17, 15) is 18.0 Å². The van der Waals surface area contributed by atoms with Gasteiger partial charge in [0.15, 0.2) is 5.78 Å². The molecule has 6 heteroatoms. The van der Waals surface area contributed by atoms with E-state index in [4.69, 9.17) is 9.84 Å². The first kappa shape index (κ1) is 17.0. The van der Waals surface area contributed by atoms with Gasteiger partial charge in [-0.15, -0.1) is 0 Å². The molecule has 0 spiro atoms. The molecule has 3 nitrogen and oxygen atoms in total. The molecule has 23 heavy (non-hydrogen) atoms. The first-order valence-corrected chi connectivity index (χ1v) is 6.93. The van der Waals surface area contributed by atoms with Crippen molar-refractivity contribution in [2.75, 3.05) is 13.2 Å². The number of benzene rings is 2. The van der Waals surface area contributed by atoms with Gasteiger partial charge in [-0.25, -0.2) is 0 Å². The number of aliphatic hydroxyl groups excluding tert-OH is 1. The van der Waals surface area contributed by atoms with Crippen LogP contribution >= 0.6 is 0 Å². The number of aliphatic hydroxyl groups is 1. The fourth-order valence-electron chi connectivity index (χ4n) is 2.18. The zero-order valence-electron chi connectivity index (χ0n) is 12.1.